The van der Waals surface area contributed by atoms with Gasteiger partial charge in [-0.2, -0.15) is 11.8 Å². The zero-order valence-corrected chi connectivity index (χ0v) is 19.7. The molecule has 1 atom stereocenters. The smallest absolute Gasteiger partial charge is 0.257 e. The normalized spacial score (nSPS) is 13.3. The Morgan fingerprint density at radius 2 is 2.03 bits per heavy atom. The monoisotopic (exact) mass is 469 g/mol. The first-order valence-corrected chi connectivity index (χ1v) is 12.0. The molecule has 0 spiro atoms. The molecule has 1 aliphatic rings. The highest BCUT2D eigenvalue weighted by atomic mass is 32.2. The van der Waals surface area contributed by atoms with Crippen LogP contribution in [-0.2, 0) is 0 Å². The molecule has 4 heterocycles. The Morgan fingerprint density at radius 3 is 2.85 bits per heavy atom. The maximum absolute atomic E-state index is 5.84. The van der Waals surface area contributed by atoms with Gasteiger partial charge in [-0.3, -0.25) is 0 Å². The molecule has 33 heavy (non-hydrogen) atoms. The van der Waals surface area contributed by atoms with E-state index in [1.807, 2.05) is 25.1 Å². The van der Waals surface area contributed by atoms with Gasteiger partial charge in [0.25, 0.3) is 11.8 Å². The molecule has 0 radical (unpaired) electrons. The van der Waals surface area contributed by atoms with E-state index in [1.165, 1.54) is 6.33 Å². The Hall–Kier alpha value is -3.27. The maximum atomic E-state index is 5.84. The number of aromatic nitrogens is 4. The Balaban J connectivity index is 1.43. The fraction of sp³-hybridized carbons (Fsp3) is 0.391. The lowest BCUT2D eigenvalue weighted by molar-refractivity contribution is 0.162. The molecule has 0 aromatic carbocycles. The molecule has 0 saturated heterocycles. The van der Waals surface area contributed by atoms with Crippen LogP contribution in [0, 0.1) is 0 Å². The number of hydrogen-bond donors (Lipinski definition) is 1. The van der Waals surface area contributed by atoms with E-state index in [0.717, 1.165) is 41.4 Å². The zero-order valence-electron chi connectivity index (χ0n) is 18.9. The summed E-state index contributed by atoms with van der Waals surface area (Å²) in [4.78, 5) is 17.4. The van der Waals surface area contributed by atoms with E-state index in [-0.39, 0.29) is 5.25 Å². The first-order chi connectivity index (χ1) is 16.2. The molecule has 3 aromatic rings. The van der Waals surface area contributed by atoms with Crippen LogP contribution in [0.3, 0.4) is 0 Å². The molecule has 0 saturated carbocycles. The number of fused-ring (bicyclic) bond motifs is 1. The van der Waals surface area contributed by atoms with Crippen LogP contribution in [0.15, 0.2) is 36.9 Å². The quantitative estimate of drug-likeness (QED) is 0.468. The van der Waals surface area contributed by atoms with Crippen LogP contribution < -0.4 is 24.3 Å². The van der Waals surface area contributed by atoms with Crippen LogP contribution in [0.5, 0.6) is 23.3 Å². The number of pyridine rings is 2. The SMILES string of the molecule is CCOc1ncc(-c2cc(NCCC(SC)c3ccnc4c3OCCO4)ncn2)cc1OC. The molecular formula is C23H27N5O4S. The third-order valence-corrected chi connectivity index (χ3v) is 6.16. The highest BCUT2D eigenvalue weighted by Gasteiger charge is 2.22. The standard InChI is InChI=1S/C23H27N5O4S/c1-4-30-22-18(29-2)11-15(13-26-22)17-12-20(28-14-27-17)24-8-6-19(33-3)16-5-7-25-23-21(16)31-9-10-32-23/h5,7,11-14,19H,4,6,8-10H2,1-3H3,(H,24,27,28). The van der Waals surface area contributed by atoms with E-state index < -0.39 is 0 Å². The number of hydrogen-bond acceptors (Lipinski definition) is 10. The molecule has 0 fully saturated rings. The van der Waals surface area contributed by atoms with Gasteiger partial charge in [-0.25, -0.2) is 19.9 Å². The first-order valence-electron chi connectivity index (χ1n) is 10.7. The van der Waals surface area contributed by atoms with Gasteiger partial charge in [0.15, 0.2) is 11.5 Å². The summed E-state index contributed by atoms with van der Waals surface area (Å²) in [6, 6.07) is 5.77. The largest absolute Gasteiger partial charge is 0.491 e. The van der Waals surface area contributed by atoms with Crippen molar-refractivity contribution >= 4 is 17.6 Å². The van der Waals surface area contributed by atoms with E-state index in [2.05, 4.69) is 31.5 Å². The Morgan fingerprint density at radius 1 is 1.15 bits per heavy atom. The van der Waals surface area contributed by atoms with Crippen molar-refractivity contribution in [3.63, 3.8) is 0 Å². The predicted molar refractivity (Wildman–Crippen MR) is 128 cm³/mol. The lowest BCUT2D eigenvalue weighted by Gasteiger charge is -2.23. The van der Waals surface area contributed by atoms with Crippen molar-refractivity contribution in [1.82, 2.24) is 19.9 Å². The van der Waals surface area contributed by atoms with E-state index in [4.69, 9.17) is 18.9 Å². The molecule has 1 aliphatic heterocycles. The molecule has 0 bridgehead atoms. The van der Waals surface area contributed by atoms with E-state index in [1.54, 1.807) is 31.3 Å². The third kappa shape index (κ3) is 5.39. The summed E-state index contributed by atoms with van der Waals surface area (Å²) in [6.07, 6.45) is 8.00. The molecule has 174 valence electrons. The van der Waals surface area contributed by atoms with Gasteiger partial charge in [0.05, 0.1) is 19.4 Å². The van der Waals surface area contributed by atoms with E-state index in [9.17, 15) is 0 Å². The second kappa shape index (κ2) is 11.0. The van der Waals surface area contributed by atoms with Crippen LogP contribution in [0.2, 0.25) is 0 Å². The molecule has 3 aromatic heterocycles. The minimum absolute atomic E-state index is 0.233. The Labute approximate surface area is 197 Å². The number of nitrogens with zero attached hydrogens (tertiary/aromatic N) is 4. The number of rotatable bonds is 10. The lowest BCUT2D eigenvalue weighted by Crippen LogP contribution is -2.18. The van der Waals surface area contributed by atoms with Crippen molar-refractivity contribution in [2.75, 3.05) is 45.0 Å². The summed E-state index contributed by atoms with van der Waals surface area (Å²) in [7, 11) is 1.59. The number of ether oxygens (including phenoxy) is 4. The minimum Gasteiger partial charge on any atom is -0.491 e. The second-order valence-electron chi connectivity index (χ2n) is 7.12. The fourth-order valence-electron chi connectivity index (χ4n) is 3.53. The zero-order chi connectivity index (χ0) is 23.0. The Kier molecular flexibility index (Phi) is 7.66. The molecule has 4 rings (SSSR count). The van der Waals surface area contributed by atoms with Gasteiger partial charge < -0.3 is 24.3 Å². The first kappa shape index (κ1) is 22.9. The van der Waals surface area contributed by atoms with Crippen molar-refractivity contribution in [1.29, 1.82) is 0 Å². The molecule has 9 nitrogen and oxygen atoms in total. The van der Waals surface area contributed by atoms with Crippen molar-refractivity contribution in [3.05, 3.63) is 42.5 Å². The summed E-state index contributed by atoms with van der Waals surface area (Å²) < 4.78 is 22.4. The second-order valence-corrected chi connectivity index (χ2v) is 8.16. The average molecular weight is 470 g/mol. The van der Waals surface area contributed by atoms with Crippen LogP contribution in [0.1, 0.15) is 24.2 Å². The van der Waals surface area contributed by atoms with Crippen LogP contribution >= 0.6 is 11.8 Å². The maximum Gasteiger partial charge on any atom is 0.257 e. The average Bonchev–Trinajstić information content (AvgIpc) is 2.87. The van der Waals surface area contributed by atoms with Gasteiger partial charge in [0.1, 0.15) is 25.4 Å². The highest BCUT2D eigenvalue weighted by Crippen LogP contribution is 2.41. The van der Waals surface area contributed by atoms with Crippen molar-refractivity contribution in [2.24, 2.45) is 0 Å². The lowest BCUT2D eigenvalue weighted by atomic mass is 10.1. The molecule has 10 heteroatoms. The molecular weight excluding hydrogens is 442 g/mol. The predicted octanol–water partition coefficient (Wildman–Crippen LogP) is 4.02. The van der Waals surface area contributed by atoms with Crippen molar-refractivity contribution < 1.29 is 18.9 Å². The molecule has 1 N–H and O–H groups in total. The minimum atomic E-state index is 0.233. The highest BCUT2D eigenvalue weighted by molar-refractivity contribution is 7.98. The number of methoxy groups -OCH3 is 1. The topological polar surface area (TPSA) is 101 Å². The summed E-state index contributed by atoms with van der Waals surface area (Å²) >= 11 is 1.77. The van der Waals surface area contributed by atoms with Crippen molar-refractivity contribution in [2.45, 2.75) is 18.6 Å². The summed E-state index contributed by atoms with van der Waals surface area (Å²) in [5.74, 6) is 3.10. The number of nitrogens with one attached hydrogen (secondary N) is 1. The van der Waals surface area contributed by atoms with E-state index in [0.29, 0.717) is 37.3 Å². The van der Waals surface area contributed by atoms with Crippen LogP contribution in [0.25, 0.3) is 11.3 Å². The summed E-state index contributed by atoms with van der Waals surface area (Å²) in [6.45, 7) is 4.22. The van der Waals surface area contributed by atoms with Gasteiger partial charge in [-0.1, -0.05) is 0 Å². The van der Waals surface area contributed by atoms with Gasteiger partial charge in [0.2, 0.25) is 0 Å². The third-order valence-electron chi connectivity index (χ3n) is 5.10. The molecule has 0 amide bonds. The Bertz CT molecular complexity index is 1080. The van der Waals surface area contributed by atoms with E-state index >= 15 is 0 Å². The fourth-order valence-corrected chi connectivity index (χ4v) is 4.33. The summed E-state index contributed by atoms with van der Waals surface area (Å²) in [5.41, 5.74) is 2.67. The van der Waals surface area contributed by atoms with Gasteiger partial charge in [-0.15, -0.1) is 0 Å². The van der Waals surface area contributed by atoms with Gasteiger partial charge >= 0.3 is 0 Å². The van der Waals surface area contributed by atoms with Crippen LogP contribution in [-0.4, -0.2) is 59.7 Å². The van der Waals surface area contributed by atoms with Crippen LogP contribution in [0.4, 0.5) is 5.82 Å². The van der Waals surface area contributed by atoms with Gasteiger partial charge in [-0.05, 0) is 31.7 Å². The molecule has 0 aliphatic carbocycles. The number of thioether (sulfide) groups is 1. The van der Waals surface area contributed by atoms with Crippen molar-refractivity contribution in [3.8, 4) is 34.5 Å². The van der Waals surface area contributed by atoms with Gasteiger partial charge in [0, 0.05) is 41.4 Å². The summed E-state index contributed by atoms with van der Waals surface area (Å²) in [5, 5.41) is 3.63. The molecule has 1 unspecified atom stereocenters. The number of anilines is 1.